The van der Waals surface area contributed by atoms with E-state index in [1.54, 1.807) is 36.4 Å². The van der Waals surface area contributed by atoms with Crippen LogP contribution in [-0.4, -0.2) is 28.8 Å². The highest BCUT2D eigenvalue weighted by atomic mass is 35.5. The molecular weight excluding hydrogens is 474 g/mol. The lowest BCUT2D eigenvalue weighted by molar-refractivity contribution is -0.141. The molecule has 0 aliphatic carbocycles. The molecule has 1 atom stereocenters. The van der Waals surface area contributed by atoms with Gasteiger partial charge in [-0.15, -0.1) is 0 Å². The van der Waals surface area contributed by atoms with E-state index in [0.29, 0.717) is 15.6 Å². The average molecular weight is 501 g/mol. The Morgan fingerprint density at radius 2 is 1.53 bits per heavy atom. The van der Waals surface area contributed by atoms with E-state index in [4.69, 9.17) is 23.2 Å². The molecule has 34 heavy (non-hydrogen) atoms. The molecule has 0 aromatic heterocycles. The van der Waals surface area contributed by atoms with Gasteiger partial charge in [0, 0.05) is 34.6 Å². The van der Waals surface area contributed by atoms with E-state index in [9.17, 15) is 14.0 Å². The molecule has 3 aromatic carbocycles. The molecule has 0 fully saturated rings. The number of nitrogens with zero attached hydrogens (tertiary/aromatic N) is 1. The van der Waals surface area contributed by atoms with Crippen molar-refractivity contribution in [3.63, 3.8) is 0 Å². The third-order valence-corrected chi connectivity index (χ3v) is 6.10. The van der Waals surface area contributed by atoms with E-state index in [-0.39, 0.29) is 36.9 Å². The summed E-state index contributed by atoms with van der Waals surface area (Å²) in [4.78, 5) is 28.4. The van der Waals surface area contributed by atoms with Crippen molar-refractivity contribution in [2.45, 2.75) is 45.3 Å². The first kappa shape index (κ1) is 25.7. The Hall–Kier alpha value is -2.89. The largest absolute Gasteiger partial charge is 0.352 e. The molecule has 0 aliphatic rings. The summed E-state index contributed by atoms with van der Waals surface area (Å²) in [7, 11) is 0. The van der Waals surface area contributed by atoms with Crippen molar-refractivity contribution in [3.8, 4) is 0 Å². The van der Waals surface area contributed by atoms with Crippen LogP contribution in [0.5, 0.6) is 0 Å². The number of rotatable bonds is 9. The Bertz CT molecular complexity index is 1120. The predicted octanol–water partition coefficient (Wildman–Crippen LogP) is 5.84. The standard InChI is InChI=1S/C27H27Cl2FN2O2/c1-18(2)31-27(34)25(15-19-9-4-3-5-10-19)32(17-21-22(28)12-8-13-23(21)29)26(33)16-20-11-6-7-14-24(20)30/h3-14,18,25H,15-17H2,1-2H3,(H,31,34)/t25-/m1/s1. The van der Waals surface area contributed by atoms with Gasteiger partial charge in [-0.1, -0.05) is 77.8 Å². The molecule has 1 N–H and O–H groups in total. The van der Waals surface area contributed by atoms with Gasteiger partial charge in [0.2, 0.25) is 11.8 Å². The highest BCUT2D eigenvalue weighted by molar-refractivity contribution is 6.36. The zero-order chi connectivity index (χ0) is 24.7. The van der Waals surface area contributed by atoms with E-state index in [1.165, 1.54) is 11.0 Å². The second-order valence-corrected chi connectivity index (χ2v) is 9.17. The number of hydrogen-bond donors (Lipinski definition) is 1. The van der Waals surface area contributed by atoms with Crippen molar-refractivity contribution in [1.82, 2.24) is 10.2 Å². The molecule has 178 valence electrons. The fourth-order valence-corrected chi connectivity index (χ4v) is 4.21. The van der Waals surface area contributed by atoms with E-state index >= 15 is 0 Å². The van der Waals surface area contributed by atoms with Crippen molar-refractivity contribution >= 4 is 35.0 Å². The lowest BCUT2D eigenvalue weighted by Gasteiger charge is -2.32. The summed E-state index contributed by atoms with van der Waals surface area (Å²) in [5.74, 6) is -1.18. The average Bonchev–Trinajstić information content (AvgIpc) is 2.79. The van der Waals surface area contributed by atoms with E-state index in [1.807, 2.05) is 44.2 Å². The van der Waals surface area contributed by atoms with Crippen LogP contribution in [0.3, 0.4) is 0 Å². The van der Waals surface area contributed by atoms with Crippen molar-refractivity contribution in [3.05, 3.63) is 105 Å². The van der Waals surface area contributed by atoms with Crippen LogP contribution in [-0.2, 0) is 29.0 Å². The first-order valence-electron chi connectivity index (χ1n) is 11.1. The number of amides is 2. The number of carbonyl (C=O) groups excluding carboxylic acids is 2. The van der Waals surface area contributed by atoms with E-state index < -0.39 is 17.8 Å². The van der Waals surface area contributed by atoms with Crippen molar-refractivity contribution in [1.29, 1.82) is 0 Å². The molecule has 0 aliphatic heterocycles. The normalized spacial score (nSPS) is 11.8. The van der Waals surface area contributed by atoms with Crippen molar-refractivity contribution < 1.29 is 14.0 Å². The monoisotopic (exact) mass is 500 g/mol. The quantitative estimate of drug-likeness (QED) is 0.401. The van der Waals surface area contributed by atoms with Crippen LogP contribution in [0.1, 0.15) is 30.5 Å². The minimum atomic E-state index is -0.851. The lowest BCUT2D eigenvalue weighted by Crippen LogP contribution is -2.52. The first-order valence-corrected chi connectivity index (χ1v) is 11.8. The molecule has 0 unspecified atom stereocenters. The Morgan fingerprint density at radius 1 is 0.912 bits per heavy atom. The zero-order valence-corrected chi connectivity index (χ0v) is 20.6. The Labute approximate surface area is 209 Å². The van der Waals surface area contributed by atoms with Gasteiger partial charge in [-0.05, 0) is 43.2 Å². The SMILES string of the molecule is CC(C)NC(=O)[C@@H](Cc1ccccc1)N(Cc1c(Cl)cccc1Cl)C(=O)Cc1ccccc1F. The molecule has 3 rings (SSSR count). The summed E-state index contributed by atoms with van der Waals surface area (Å²) in [6.07, 6.45) is 0.0828. The Morgan fingerprint density at radius 3 is 2.15 bits per heavy atom. The van der Waals surface area contributed by atoms with Gasteiger partial charge in [0.05, 0.1) is 6.42 Å². The molecule has 0 heterocycles. The fraction of sp³-hybridized carbons (Fsp3) is 0.259. The molecule has 0 spiro atoms. The maximum atomic E-state index is 14.4. The predicted molar refractivity (Wildman–Crippen MR) is 134 cm³/mol. The summed E-state index contributed by atoms with van der Waals surface area (Å²) >= 11 is 12.8. The number of hydrogen-bond acceptors (Lipinski definition) is 2. The van der Waals surface area contributed by atoms with Gasteiger partial charge in [-0.2, -0.15) is 0 Å². The van der Waals surface area contributed by atoms with Crippen LogP contribution in [0.4, 0.5) is 4.39 Å². The molecule has 4 nitrogen and oxygen atoms in total. The molecule has 7 heteroatoms. The van der Waals surface area contributed by atoms with E-state index in [2.05, 4.69) is 5.32 Å². The van der Waals surface area contributed by atoms with Crippen LogP contribution in [0, 0.1) is 5.82 Å². The zero-order valence-electron chi connectivity index (χ0n) is 19.1. The Balaban J connectivity index is 2.03. The number of benzene rings is 3. The van der Waals surface area contributed by atoms with E-state index in [0.717, 1.165) is 5.56 Å². The summed E-state index contributed by atoms with van der Waals surface area (Å²) in [6.45, 7) is 3.72. The molecule has 2 amide bonds. The van der Waals surface area contributed by atoms with Crippen LogP contribution in [0.15, 0.2) is 72.8 Å². The molecule has 0 radical (unpaired) electrons. The topological polar surface area (TPSA) is 49.4 Å². The highest BCUT2D eigenvalue weighted by Gasteiger charge is 2.32. The van der Waals surface area contributed by atoms with Crippen molar-refractivity contribution in [2.24, 2.45) is 0 Å². The second-order valence-electron chi connectivity index (χ2n) is 8.36. The van der Waals surface area contributed by atoms with Crippen LogP contribution in [0.25, 0.3) is 0 Å². The molecule has 0 bridgehead atoms. The van der Waals surface area contributed by atoms with Gasteiger partial charge in [0.25, 0.3) is 0 Å². The fourth-order valence-electron chi connectivity index (χ4n) is 3.69. The van der Waals surface area contributed by atoms with Gasteiger partial charge >= 0.3 is 0 Å². The van der Waals surface area contributed by atoms with Gasteiger partial charge in [0.1, 0.15) is 11.9 Å². The summed E-state index contributed by atoms with van der Waals surface area (Å²) in [5, 5.41) is 3.69. The van der Waals surface area contributed by atoms with Crippen molar-refractivity contribution in [2.75, 3.05) is 0 Å². The smallest absolute Gasteiger partial charge is 0.243 e. The number of halogens is 3. The summed E-state index contributed by atoms with van der Waals surface area (Å²) < 4.78 is 14.4. The Kier molecular flexibility index (Phi) is 9.08. The van der Waals surface area contributed by atoms with Gasteiger partial charge in [-0.3, -0.25) is 9.59 Å². The summed E-state index contributed by atoms with van der Waals surface area (Å²) in [6, 6.07) is 19.7. The van der Waals surface area contributed by atoms with Crippen LogP contribution >= 0.6 is 23.2 Å². The second kappa shape index (κ2) is 12.0. The third-order valence-electron chi connectivity index (χ3n) is 5.39. The highest BCUT2D eigenvalue weighted by Crippen LogP contribution is 2.27. The first-order chi connectivity index (χ1) is 16.3. The minimum absolute atomic E-state index is 0.00874. The van der Waals surface area contributed by atoms with Crippen LogP contribution < -0.4 is 5.32 Å². The maximum Gasteiger partial charge on any atom is 0.243 e. The van der Waals surface area contributed by atoms with Gasteiger partial charge in [-0.25, -0.2) is 4.39 Å². The lowest BCUT2D eigenvalue weighted by atomic mass is 10.0. The van der Waals surface area contributed by atoms with Gasteiger partial charge in [0.15, 0.2) is 0 Å². The molecular formula is C27H27Cl2FN2O2. The maximum absolute atomic E-state index is 14.4. The number of nitrogens with one attached hydrogen (secondary N) is 1. The number of carbonyl (C=O) groups is 2. The minimum Gasteiger partial charge on any atom is -0.352 e. The summed E-state index contributed by atoms with van der Waals surface area (Å²) in [5.41, 5.74) is 1.67. The van der Waals surface area contributed by atoms with Crippen LogP contribution in [0.2, 0.25) is 10.0 Å². The van der Waals surface area contributed by atoms with Gasteiger partial charge < -0.3 is 10.2 Å². The third kappa shape index (κ3) is 6.81. The molecule has 0 saturated heterocycles. The molecule has 0 saturated carbocycles. The molecule has 3 aromatic rings.